The fourth-order valence-corrected chi connectivity index (χ4v) is 1.77. The second kappa shape index (κ2) is 5.87. The molecule has 86 valence electrons. The van der Waals surface area contributed by atoms with Gasteiger partial charge in [-0.1, -0.05) is 13.8 Å². The highest BCUT2D eigenvalue weighted by molar-refractivity contribution is 7.71. The zero-order valence-electron chi connectivity index (χ0n) is 9.36. The number of aromatic nitrogens is 3. The van der Waals surface area contributed by atoms with E-state index in [1.54, 1.807) is 0 Å². The third-order valence-electron chi connectivity index (χ3n) is 2.54. The topological polar surface area (TPSA) is 62.9 Å². The molecule has 6 heteroatoms. The van der Waals surface area contributed by atoms with Crippen LogP contribution < -0.4 is 5.73 Å². The molecule has 1 heterocycles. The van der Waals surface area contributed by atoms with Crippen LogP contribution in [-0.4, -0.2) is 39.3 Å². The van der Waals surface area contributed by atoms with Gasteiger partial charge >= 0.3 is 0 Å². The summed E-state index contributed by atoms with van der Waals surface area (Å²) in [5.74, 6) is 0.472. The van der Waals surface area contributed by atoms with Crippen LogP contribution in [0.5, 0.6) is 0 Å². The minimum Gasteiger partial charge on any atom is -0.368 e. The van der Waals surface area contributed by atoms with Crippen LogP contribution in [0.15, 0.2) is 0 Å². The fourth-order valence-electron chi connectivity index (χ4n) is 1.54. The van der Waals surface area contributed by atoms with Crippen LogP contribution in [0, 0.1) is 4.77 Å². The van der Waals surface area contributed by atoms with Gasteiger partial charge in [0.25, 0.3) is 0 Å². The SMILES string of the molecule is CCN(CC)CCCn1c(N)n[nH]c1=S. The van der Waals surface area contributed by atoms with E-state index in [0.29, 0.717) is 10.7 Å². The summed E-state index contributed by atoms with van der Waals surface area (Å²) in [6, 6.07) is 0. The molecule has 15 heavy (non-hydrogen) atoms. The van der Waals surface area contributed by atoms with E-state index in [0.717, 1.165) is 32.6 Å². The third kappa shape index (κ3) is 3.32. The molecule has 0 aromatic carbocycles. The fraction of sp³-hybridized carbons (Fsp3) is 0.778. The molecule has 0 amide bonds. The lowest BCUT2D eigenvalue weighted by Gasteiger charge is -2.17. The summed E-state index contributed by atoms with van der Waals surface area (Å²) in [5, 5.41) is 6.54. The zero-order chi connectivity index (χ0) is 11.3. The molecule has 0 aliphatic heterocycles. The maximum absolute atomic E-state index is 5.66. The average molecular weight is 229 g/mol. The minimum atomic E-state index is 0.472. The summed E-state index contributed by atoms with van der Waals surface area (Å²) in [5.41, 5.74) is 5.66. The molecule has 0 fully saturated rings. The largest absolute Gasteiger partial charge is 0.368 e. The van der Waals surface area contributed by atoms with Crippen molar-refractivity contribution in [2.24, 2.45) is 0 Å². The van der Waals surface area contributed by atoms with Crippen molar-refractivity contribution in [2.45, 2.75) is 26.8 Å². The second-order valence-corrected chi connectivity index (χ2v) is 3.81. The molecule has 0 spiro atoms. The van der Waals surface area contributed by atoms with E-state index in [4.69, 9.17) is 18.0 Å². The van der Waals surface area contributed by atoms with Crippen molar-refractivity contribution in [1.82, 2.24) is 19.7 Å². The Labute approximate surface area is 95.3 Å². The van der Waals surface area contributed by atoms with Gasteiger partial charge in [0.05, 0.1) is 0 Å². The first-order valence-corrected chi connectivity index (χ1v) is 5.72. The lowest BCUT2D eigenvalue weighted by molar-refractivity contribution is 0.293. The summed E-state index contributed by atoms with van der Waals surface area (Å²) in [6.45, 7) is 8.41. The summed E-state index contributed by atoms with van der Waals surface area (Å²) in [7, 11) is 0. The number of nitrogens with two attached hydrogens (primary N) is 1. The lowest BCUT2D eigenvalue weighted by atomic mass is 10.3. The zero-order valence-corrected chi connectivity index (χ0v) is 10.2. The molecule has 1 aromatic heterocycles. The Balaban J connectivity index is 2.41. The van der Waals surface area contributed by atoms with Gasteiger partial charge in [0, 0.05) is 6.54 Å². The van der Waals surface area contributed by atoms with Crippen LogP contribution in [0.25, 0.3) is 0 Å². The maximum atomic E-state index is 5.66. The summed E-state index contributed by atoms with van der Waals surface area (Å²) < 4.78 is 2.44. The van der Waals surface area contributed by atoms with Gasteiger partial charge in [0.1, 0.15) is 0 Å². The van der Waals surface area contributed by atoms with E-state index in [9.17, 15) is 0 Å². The quantitative estimate of drug-likeness (QED) is 0.721. The Bertz CT molecular complexity index is 339. The molecular formula is C9H19N5S. The van der Waals surface area contributed by atoms with Crippen molar-refractivity contribution < 1.29 is 0 Å². The van der Waals surface area contributed by atoms with Crippen molar-refractivity contribution in [3.05, 3.63) is 4.77 Å². The number of hydrogen-bond donors (Lipinski definition) is 2. The minimum absolute atomic E-state index is 0.472. The van der Waals surface area contributed by atoms with Crippen molar-refractivity contribution in [3.63, 3.8) is 0 Å². The standard InChI is InChI=1S/C9H19N5S/c1-3-13(4-2)6-5-7-14-8(10)11-12-9(14)15/h3-7H2,1-2H3,(H2,10,11)(H,12,15). The van der Waals surface area contributed by atoms with E-state index in [-0.39, 0.29) is 0 Å². The molecule has 0 radical (unpaired) electrons. The van der Waals surface area contributed by atoms with E-state index >= 15 is 0 Å². The molecule has 5 nitrogen and oxygen atoms in total. The smallest absolute Gasteiger partial charge is 0.220 e. The van der Waals surface area contributed by atoms with E-state index < -0.39 is 0 Å². The van der Waals surface area contributed by atoms with Crippen LogP contribution in [-0.2, 0) is 6.54 Å². The second-order valence-electron chi connectivity index (χ2n) is 3.42. The first-order valence-electron chi connectivity index (χ1n) is 5.32. The Hall–Kier alpha value is -0.880. The first kappa shape index (κ1) is 12.2. The lowest BCUT2D eigenvalue weighted by Crippen LogP contribution is -2.25. The predicted molar refractivity (Wildman–Crippen MR) is 64.2 cm³/mol. The van der Waals surface area contributed by atoms with Crippen LogP contribution >= 0.6 is 12.2 Å². The molecule has 0 aliphatic carbocycles. The number of H-pyrrole nitrogens is 1. The third-order valence-corrected chi connectivity index (χ3v) is 2.85. The summed E-state index contributed by atoms with van der Waals surface area (Å²) in [6.07, 6.45) is 1.04. The van der Waals surface area contributed by atoms with Gasteiger partial charge in [-0.2, -0.15) is 0 Å². The van der Waals surface area contributed by atoms with Crippen molar-refractivity contribution in [3.8, 4) is 0 Å². The molecule has 3 N–H and O–H groups in total. The van der Waals surface area contributed by atoms with Gasteiger partial charge in [-0.25, -0.2) is 5.10 Å². The van der Waals surface area contributed by atoms with Gasteiger partial charge in [-0.05, 0) is 38.3 Å². The average Bonchev–Trinajstić information content (AvgIpc) is 2.55. The molecule has 0 atom stereocenters. The van der Waals surface area contributed by atoms with Gasteiger partial charge in [0.2, 0.25) is 5.95 Å². The van der Waals surface area contributed by atoms with Crippen LogP contribution in [0.1, 0.15) is 20.3 Å². The highest BCUT2D eigenvalue weighted by atomic mass is 32.1. The van der Waals surface area contributed by atoms with E-state index in [2.05, 4.69) is 28.9 Å². The van der Waals surface area contributed by atoms with E-state index in [1.165, 1.54) is 0 Å². The van der Waals surface area contributed by atoms with Crippen molar-refractivity contribution in [1.29, 1.82) is 0 Å². The number of hydrogen-bond acceptors (Lipinski definition) is 4. The Morgan fingerprint density at radius 2 is 2.13 bits per heavy atom. The number of aromatic amines is 1. The summed E-state index contributed by atoms with van der Waals surface area (Å²) in [4.78, 5) is 2.37. The molecule has 0 aliphatic rings. The number of anilines is 1. The Kier molecular flexibility index (Phi) is 4.77. The van der Waals surface area contributed by atoms with Crippen molar-refractivity contribution >= 4 is 18.2 Å². The summed E-state index contributed by atoms with van der Waals surface area (Å²) >= 11 is 5.06. The molecular weight excluding hydrogens is 210 g/mol. The van der Waals surface area contributed by atoms with Crippen molar-refractivity contribution in [2.75, 3.05) is 25.4 Å². The van der Waals surface area contributed by atoms with Gasteiger partial charge < -0.3 is 10.6 Å². The van der Waals surface area contributed by atoms with Crippen LogP contribution in [0.3, 0.4) is 0 Å². The van der Waals surface area contributed by atoms with E-state index in [1.807, 2.05) is 4.57 Å². The number of nitrogen functional groups attached to an aromatic ring is 1. The molecule has 1 rings (SSSR count). The molecule has 0 bridgehead atoms. The maximum Gasteiger partial charge on any atom is 0.220 e. The number of nitrogens with zero attached hydrogens (tertiary/aromatic N) is 3. The molecule has 0 saturated heterocycles. The normalized spacial score (nSPS) is 11.1. The number of rotatable bonds is 6. The van der Waals surface area contributed by atoms with Gasteiger partial charge in [-0.15, -0.1) is 5.10 Å². The molecule has 0 unspecified atom stereocenters. The predicted octanol–water partition coefficient (Wildman–Crippen LogP) is 1.25. The highest BCUT2D eigenvalue weighted by Gasteiger charge is 2.03. The number of nitrogens with one attached hydrogen (secondary N) is 1. The highest BCUT2D eigenvalue weighted by Crippen LogP contribution is 2.01. The Morgan fingerprint density at radius 1 is 1.47 bits per heavy atom. The Morgan fingerprint density at radius 3 is 2.60 bits per heavy atom. The van der Waals surface area contributed by atoms with Gasteiger partial charge in [-0.3, -0.25) is 4.57 Å². The van der Waals surface area contributed by atoms with Crippen LogP contribution in [0.4, 0.5) is 5.95 Å². The monoisotopic (exact) mass is 229 g/mol. The molecule has 0 saturated carbocycles. The van der Waals surface area contributed by atoms with Crippen LogP contribution in [0.2, 0.25) is 0 Å². The molecule has 1 aromatic rings. The first-order chi connectivity index (χ1) is 7.19. The van der Waals surface area contributed by atoms with Gasteiger partial charge in [0.15, 0.2) is 4.77 Å².